The molecule has 0 bridgehead atoms. The normalized spacial score (nSPS) is 15.4. The van der Waals surface area contributed by atoms with Crippen LogP contribution in [0.4, 0.5) is 11.4 Å². The Labute approximate surface area is 304 Å². The molecule has 1 aliphatic heterocycles. The second-order valence-electron chi connectivity index (χ2n) is 13.7. The Morgan fingerprint density at radius 2 is 1.58 bits per heavy atom. The molecule has 1 amide bonds. The zero-order valence-electron chi connectivity index (χ0n) is 29.5. The number of benzene rings is 5. The van der Waals surface area contributed by atoms with Crippen LogP contribution in [0.15, 0.2) is 110 Å². The lowest BCUT2D eigenvalue weighted by molar-refractivity contribution is -0.138. The number of aliphatic carboxylic acids is 1. The van der Waals surface area contributed by atoms with E-state index in [1.807, 2.05) is 48.5 Å². The van der Waals surface area contributed by atoms with E-state index in [2.05, 4.69) is 78.6 Å². The lowest BCUT2D eigenvalue weighted by Crippen LogP contribution is -2.42. The highest BCUT2D eigenvalue weighted by molar-refractivity contribution is 6.02. The van der Waals surface area contributed by atoms with Gasteiger partial charge in [0.2, 0.25) is 5.91 Å². The number of hydrogen-bond acceptors (Lipinski definition) is 4. The standard InChI is InChI=1S/C27H27N.C19H18N2O3/c28-18-21-9-6-19(7-10-21)5-8-20-11-14-25-23(17-20)13-16-26-24-4-2-1-3-22(24)12-15-27(25)26;1-2-13-7-4-6-10-17(13)21-12-14-8-3-5-9-15(14)20-16(19(21)24)11-18(22)23/h3,6-7,9-15,17H,1-2,4-5,8,16,18,28H2;2-10,16,20H,1,11-12H2,(H,22,23). The Bertz CT molecular complexity index is 2360. The molecule has 1 heterocycles. The van der Waals surface area contributed by atoms with E-state index in [0.29, 0.717) is 13.1 Å². The highest BCUT2D eigenvalue weighted by atomic mass is 16.4. The van der Waals surface area contributed by atoms with Crippen LogP contribution < -0.4 is 26.4 Å². The van der Waals surface area contributed by atoms with Gasteiger partial charge in [0.25, 0.3) is 0 Å². The highest BCUT2D eigenvalue weighted by Crippen LogP contribution is 2.30. The first-order valence-corrected chi connectivity index (χ1v) is 18.2. The van der Waals surface area contributed by atoms with E-state index in [1.54, 1.807) is 22.1 Å². The van der Waals surface area contributed by atoms with Gasteiger partial charge in [0, 0.05) is 12.2 Å². The van der Waals surface area contributed by atoms with E-state index in [9.17, 15) is 9.59 Å². The Morgan fingerprint density at radius 1 is 0.846 bits per heavy atom. The number of anilines is 2. The molecule has 2 aliphatic carbocycles. The second-order valence-corrected chi connectivity index (χ2v) is 13.7. The van der Waals surface area contributed by atoms with Crippen molar-refractivity contribution < 1.29 is 14.7 Å². The van der Waals surface area contributed by atoms with Gasteiger partial charge in [-0.2, -0.15) is 0 Å². The van der Waals surface area contributed by atoms with E-state index in [0.717, 1.165) is 41.8 Å². The molecule has 8 rings (SSSR count). The van der Waals surface area contributed by atoms with Gasteiger partial charge in [0.1, 0.15) is 6.04 Å². The van der Waals surface area contributed by atoms with Crippen molar-refractivity contribution in [1.29, 1.82) is 0 Å². The van der Waals surface area contributed by atoms with Crippen molar-refractivity contribution in [1.82, 2.24) is 0 Å². The number of carbonyl (C=O) groups is 2. The van der Waals surface area contributed by atoms with Crippen molar-refractivity contribution in [2.45, 2.75) is 64.1 Å². The van der Waals surface area contributed by atoms with Gasteiger partial charge in [-0.3, -0.25) is 9.59 Å². The fraction of sp³-hybridized carbons (Fsp3) is 0.217. The van der Waals surface area contributed by atoms with Crippen LogP contribution in [0, 0.1) is 10.4 Å². The third kappa shape index (κ3) is 7.48. The number of rotatable bonds is 8. The maximum absolute atomic E-state index is 13.0. The van der Waals surface area contributed by atoms with Gasteiger partial charge in [-0.15, -0.1) is 0 Å². The summed E-state index contributed by atoms with van der Waals surface area (Å²) in [5.41, 5.74) is 16.1. The zero-order chi connectivity index (χ0) is 36.0. The fourth-order valence-electron chi connectivity index (χ4n) is 7.65. The molecule has 3 aliphatic rings. The maximum atomic E-state index is 13.0. The molecular weight excluding hydrogens is 643 g/mol. The predicted octanol–water partition coefficient (Wildman–Crippen LogP) is 6.80. The molecule has 0 aromatic heterocycles. The number of carboxylic acids is 1. The first-order chi connectivity index (χ1) is 25.4. The third-order valence-corrected chi connectivity index (χ3v) is 10.4. The highest BCUT2D eigenvalue weighted by Gasteiger charge is 2.32. The average molecular weight is 688 g/mol. The minimum absolute atomic E-state index is 0.261. The van der Waals surface area contributed by atoms with Gasteiger partial charge in [0.05, 0.1) is 18.7 Å². The maximum Gasteiger partial charge on any atom is 0.305 e. The minimum Gasteiger partial charge on any atom is -0.481 e. The molecule has 1 atom stereocenters. The largest absolute Gasteiger partial charge is 0.481 e. The van der Waals surface area contributed by atoms with Gasteiger partial charge < -0.3 is 21.1 Å². The molecule has 0 radical (unpaired) electrons. The number of para-hydroxylation sites is 2. The van der Waals surface area contributed by atoms with Crippen LogP contribution in [0.25, 0.3) is 18.2 Å². The van der Waals surface area contributed by atoms with Crippen molar-refractivity contribution >= 4 is 41.5 Å². The van der Waals surface area contributed by atoms with Gasteiger partial charge in [-0.1, -0.05) is 116 Å². The monoisotopic (exact) mass is 687 g/mol. The molecule has 0 spiro atoms. The number of carbonyl (C=O) groups excluding carboxylic acids is 1. The predicted molar refractivity (Wildman–Crippen MR) is 211 cm³/mol. The number of hydrogen-bond donors (Lipinski definition) is 3. The molecule has 0 saturated carbocycles. The summed E-state index contributed by atoms with van der Waals surface area (Å²) in [6, 6.07) is 34.7. The summed E-state index contributed by atoms with van der Waals surface area (Å²) in [6.45, 7) is 4.79. The van der Waals surface area contributed by atoms with Gasteiger partial charge in [-0.25, -0.2) is 0 Å². The van der Waals surface area contributed by atoms with Crippen LogP contribution in [0.3, 0.4) is 0 Å². The summed E-state index contributed by atoms with van der Waals surface area (Å²) in [6.07, 6.45) is 13.2. The fourth-order valence-corrected chi connectivity index (χ4v) is 7.65. The van der Waals surface area contributed by atoms with Crippen molar-refractivity contribution in [2.24, 2.45) is 5.73 Å². The van der Waals surface area contributed by atoms with Crippen LogP contribution in [0.2, 0.25) is 0 Å². The Kier molecular flexibility index (Phi) is 10.5. The summed E-state index contributed by atoms with van der Waals surface area (Å²) < 4.78 is 0. The molecule has 4 N–H and O–H groups in total. The SMILES string of the molecule is C=Cc1ccccc1N1Cc2ccccc2NC(CC(=O)O)C1=O.NCc1ccc(CCc2ccc3c(c2)=CCc2c4c(ccc2=3)=CCCC4)cc1. The van der Waals surface area contributed by atoms with Crippen molar-refractivity contribution in [3.8, 4) is 0 Å². The first-order valence-electron chi connectivity index (χ1n) is 18.2. The molecule has 5 aromatic rings. The van der Waals surface area contributed by atoms with E-state index in [1.165, 1.54) is 56.8 Å². The summed E-state index contributed by atoms with van der Waals surface area (Å²) in [4.78, 5) is 25.8. The van der Waals surface area contributed by atoms with Gasteiger partial charge in [-0.05, 0) is 110 Å². The molecule has 262 valence electrons. The number of aryl methyl sites for hydroxylation is 2. The van der Waals surface area contributed by atoms with E-state index >= 15 is 0 Å². The Balaban J connectivity index is 0.000000164. The van der Waals surface area contributed by atoms with Crippen LogP contribution in [0.5, 0.6) is 0 Å². The number of amides is 1. The molecule has 5 aromatic carbocycles. The second kappa shape index (κ2) is 15.7. The lowest BCUT2D eigenvalue weighted by Gasteiger charge is -2.25. The van der Waals surface area contributed by atoms with Crippen molar-refractivity contribution in [2.75, 3.05) is 10.2 Å². The Hall–Kier alpha value is -5.72. The molecule has 1 unspecified atom stereocenters. The Morgan fingerprint density at radius 3 is 2.38 bits per heavy atom. The van der Waals surface area contributed by atoms with Gasteiger partial charge in [0.15, 0.2) is 0 Å². The quantitative estimate of drug-likeness (QED) is 0.167. The zero-order valence-corrected chi connectivity index (χ0v) is 29.5. The number of fused-ring (bicyclic) bond motifs is 5. The summed E-state index contributed by atoms with van der Waals surface area (Å²) in [5.74, 6) is -1.28. The topological polar surface area (TPSA) is 95.7 Å². The summed E-state index contributed by atoms with van der Waals surface area (Å²) in [7, 11) is 0. The number of carboxylic acid groups (broad SMARTS) is 1. The van der Waals surface area contributed by atoms with E-state index in [-0.39, 0.29) is 12.3 Å². The minimum atomic E-state index is -1.02. The van der Waals surface area contributed by atoms with Crippen LogP contribution in [-0.2, 0) is 48.4 Å². The average Bonchev–Trinajstić information content (AvgIpc) is 3.32. The molecule has 0 saturated heterocycles. The lowest BCUT2D eigenvalue weighted by atomic mass is 9.88. The number of nitrogens with two attached hydrogens (primary N) is 1. The smallest absolute Gasteiger partial charge is 0.305 e. The third-order valence-electron chi connectivity index (χ3n) is 10.4. The molecule has 52 heavy (non-hydrogen) atoms. The molecule has 6 nitrogen and oxygen atoms in total. The summed E-state index contributed by atoms with van der Waals surface area (Å²) in [5, 5.41) is 18.0. The van der Waals surface area contributed by atoms with Crippen molar-refractivity contribution in [3.63, 3.8) is 0 Å². The van der Waals surface area contributed by atoms with Crippen molar-refractivity contribution in [3.05, 3.63) is 170 Å². The molecular formula is C46H45N3O3. The molecule has 0 fully saturated rings. The van der Waals surface area contributed by atoms with Crippen LogP contribution in [0.1, 0.15) is 58.2 Å². The van der Waals surface area contributed by atoms with Gasteiger partial charge >= 0.3 is 5.97 Å². The first kappa shape index (κ1) is 34.7. The molecule has 6 heteroatoms. The van der Waals surface area contributed by atoms with Crippen LogP contribution >= 0.6 is 0 Å². The van der Waals surface area contributed by atoms with Crippen LogP contribution in [-0.4, -0.2) is 23.0 Å². The van der Waals surface area contributed by atoms with E-state index < -0.39 is 12.0 Å². The van der Waals surface area contributed by atoms with E-state index in [4.69, 9.17) is 10.8 Å². The number of nitrogens with one attached hydrogen (secondary N) is 1. The summed E-state index contributed by atoms with van der Waals surface area (Å²) >= 11 is 0. The number of nitrogens with zero attached hydrogens (tertiary/aromatic N) is 1.